The van der Waals surface area contributed by atoms with Crippen molar-refractivity contribution in [3.05, 3.63) is 46.8 Å². The zero-order valence-electron chi connectivity index (χ0n) is 20.5. The van der Waals surface area contributed by atoms with E-state index < -0.39 is 29.0 Å². The standard InChI is InChI=1S/C29H37F3O2/c1-3-4-5-6-7-8-18-9-10-20-16-21(12-11-19(20)15-18)23-14-13-22-17-24(29(33)34-2)27(31)28(32)25(22)26(23)30/h13-14,17-21H,3-12,15-16H2,1-2H3/t18?,19-,20+,21?/m0/s1. The highest BCUT2D eigenvalue weighted by Crippen LogP contribution is 2.49. The van der Waals surface area contributed by atoms with Gasteiger partial charge < -0.3 is 4.74 Å². The molecule has 2 unspecified atom stereocenters. The fourth-order valence-electron chi connectivity index (χ4n) is 6.54. The van der Waals surface area contributed by atoms with Gasteiger partial charge in [-0.3, -0.25) is 0 Å². The Hall–Kier alpha value is -2.04. The molecule has 0 saturated heterocycles. The van der Waals surface area contributed by atoms with Crippen LogP contribution in [0.1, 0.15) is 106 Å². The van der Waals surface area contributed by atoms with Gasteiger partial charge in [0, 0.05) is 0 Å². The van der Waals surface area contributed by atoms with Crippen LogP contribution < -0.4 is 0 Å². The first-order chi connectivity index (χ1) is 16.4. The van der Waals surface area contributed by atoms with Crippen molar-refractivity contribution in [1.82, 2.24) is 0 Å². The number of unbranched alkanes of at least 4 members (excludes halogenated alkanes) is 4. The van der Waals surface area contributed by atoms with Crippen molar-refractivity contribution in [3.63, 3.8) is 0 Å². The van der Waals surface area contributed by atoms with Crippen molar-refractivity contribution >= 4 is 16.7 Å². The van der Waals surface area contributed by atoms with Crippen LogP contribution >= 0.6 is 0 Å². The van der Waals surface area contributed by atoms with Gasteiger partial charge in [0.15, 0.2) is 11.6 Å². The van der Waals surface area contributed by atoms with Crippen LogP contribution in [0.3, 0.4) is 0 Å². The van der Waals surface area contributed by atoms with Gasteiger partial charge in [-0.2, -0.15) is 0 Å². The SMILES string of the molecule is CCCCCCCC1CC[C@@H]2CC(c3ccc4cc(C(=O)OC)c(F)c(F)c4c3F)CC[C@H]2C1. The lowest BCUT2D eigenvalue weighted by atomic mass is 9.63. The van der Waals surface area contributed by atoms with Gasteiger partial charge in [-0.1, -0.05) is 64.0 Å². The van der Waals surface area contributed by atoms with E-state index in [0.717, 1.165) is 32.3 Å². The molecule has 5 heteroatoms. The van der Waals surface area contributed by atoms with Crippen molar-refractivity contribution in [1.29, 1.82) is 0 Å². The molecule has 186 valence electrons. The minimum atomic E-state index is -1.35. The number of hydrogen-bond donors (Lipinski definition) is 0. The highest BCUT2D eigenvalue weighted by molar-refractivity contribution is 5.96. The van der Waals surface area contributed by atoms with E-state index >= 15 is 4.39 Å². The molecule has 2 nitrogen and oxygen atoms in total. The first kappa shape index (κ1) is 25.1. The van der Waals surface area contributed by atoms with Crippen molar-refractivity contribution in [3.8, 4) is 0 Å². The summed E-state index contributed by atoms with van der Waals surface area (Å²) in [4.78, 5) is 11.8. The summed E-state index contributed by atoms with van der Waals surface area (Å²) in [6.45, 7) is 2.25. The summed E-state index contributed by atoms with van der Waals surface area (Å²) in [5.41, 5.74) is -0.0320. The van der Waals surface area contributed by atoms with Crippen molar-refractivity contribution < 1.29 is 22.7 Å². The Bertz CT molecular complexity index is 1020. The molecule has 2 aromatic rings. The van der Waals surface area contributed by atoms with Gasteiger partial charge in [-0.15, -0.1) is 0 Å². The van der Waals surface area contributed by atoms with E-state index in [1.165, 1.54) is 63.9 Å². The average molecular weight is 475 g/mol. The number of methoxy groups -OCH3 is 1. The van der Waals surface area contributed by atoms with E-state index in [1.807, 2.05) is 0 Å². The highest BCUT2D eigenvalue weighted by atomic mass is 19.2. The number of carbonyl (C=O) groups excluding carboxylic acids is 1. The molecule has 0 amide bonds. The molecule has 0 N–H and O–H groups in total. The minimum Gasteiger partial charge on any atom is -0.465 e. The summed E-state index contributed by atoms with van der Waals surface area (Å²) >= 11 is 0. The molecule has 0 aromatic heterocycles. The van der Waals surface area contributed by atoms with Gasteiger partial charge in [-0.05, 0) is 72.8 Å². The Balaban J connectivity index is 1.45. The molecule has 2 aliphatic rings. The van der Waals surface area contributed by atoms with Crippen molar-refractivity contribution in [2.75, 3.05) is 7.11 Å². The average Bonchev–Trinajstić information content (AvgIpc) is 2.85. The van der Waals surface area contributed by atoms with Gasteiger partial charge in [0.05, 0.1) is 18.1 Å². The van der Waals surface area contributed by atoms with Gasteiger partial charge in [-0.25, -0.2) is 18.0 Å². The van der Waals surface area contributed by atoms with Crippen LogP contribution in [0, 0.1) is 35.2 Å². The highest BCUT2D eigenvalue weighted by Gasteiger charge is 2.37. The van der Waals surface area contributed by atoms with E-state index in [2.05, 4.69) is 11.7 Å². The number of halogens is 3. The maximum atomic E-state index is 15.5. The monoisotopic (exact) mass is 474 g/mol. The van der Waals surface area contributed by atoms with Crippen LogP contribution in [0.15, 0.2) is 18.2 Å². The first-order valence-corrected chi connectivity index (χ1v) is 13.1. The van der Waals surface area contributed by atoms with Gasteiger partial charge in [0.2, 0.25) is 0 Å². The van der Waals surface area contributed by atoms with Gasteiger partial charge >= 0.3 is 5.97 Å². The van der Waals surface area contributed by atoms with Gasteiger partial charge in [0.1, 0.15) is 5.82 Å². The summed E-state index contributed by atoms with van der Waals surface area (Å²) in [5.74, 6) is -2.17. The summed E-state index contributed by atoms with van der Waals surface area (Å²) < 4.78 is 49.3. The number of benzene rings is 2. The minimum absolute atomic E-state index is 0.0268. The zero-order chi connectivity index (χ0) is 24.2. The summed E-state index contributed by atoms with van der Waals surface area (Å²) in [6.07, 6.45) is 14.6. The molecule has 0 spiro atoms. The molecular weight excluding hydrogens is 437 g/mol. The van der Waals surface area contributed by atoms with E-state index in [0.29, 0.717) is 17.4 Å². The van der Waals surface area contributed by atoms with Crippen LogP contribution in [0.2, 0.25) is 0 Å². The lowest BCUT2D eigenvalue weighted by molar-refractivity contribution is 0.0594. The first-order valence-electron chi connectivity index (χ1n) is 13.1. The molecule has 2 saturated carbocycles. The molecular formula is C29H37F3O2. The number of rotatable bonds is 8. The second-order valence-corrected chi connectivity index (χ2v) is 10.5. The maximum Gasteiger partial charge on any atom is 0.340 e. The van der Waals surface area contributed by atoms with Crippen LogP contribution in [0.25, 0.3) is 10.8 Å². The Labute approximate surface area is 201 Å². The maximum absolute atomic E-state index is 15.5. The van der Waals surface area contributed by atoms with Crippen LogP contribution in [-0.4, -0.2) is 13.1 Å². The lowest BCUT2D eigenvalue weighted by Gasteiger charge is -2.42. The number of carbonyl (C=O) groups is 1. The normalized spacial score (nSPS) is 24.7. The zero-order valence-corrected chi connectivity index (χ0v) is 20.5. The molecule has 34 heavy (non-hydrogen) atoms. The smallest absolute Gasteiger partial charge is 0.340 e. The summed E-state index contributed by atoms with van der Waals surface area (Å²) in [7, 11) is 1.10. The molecule has 0 bridgehead atoms. The van der Waals surface area contributed by atoms with Gasteiger partial charge in [0.25, 0.3) is 0 Å². The third kappa shape index (κ3) is 5.13. The Morgan fingerprint density at radius 3 is 2.41 bits per heavy atom. The van der Waals surface area contributed by atoms with E-state index in [9.17, 15) is 13.6 Å². The Morgan fingerprint density at radius 1 is 0.912 bits per heavy atom. The number of ether oxygens (including phenoxy) is 1. The predicted octanol–water partition coefficient (Wildman–Crippen LogP) is 8.70. The van der Waals surface area contributed by atoms with E-state index in [1.54, 1.807) is 12.1 Å². The Kier molecular flexibility index (Phi) is 8.21. The quantitative estimate of drug-likeness (QED) is 0.282. The molecule has 0 heterocycles. The second-order valence-electron chi connectivity index (χ2n) is 10.5. The molecule has 2 fully saturated rings. The largest absolute Gasteiger partial charge is 0.465 e. The molecule has 4 atom stereocenters. The number of esters is 1. The second kappa shape index (κ2) is 11.1. The number of hydrogen-bond acceptors (Lipinski definition) is 2. The van der Waals surface area contributed by atoms with Crippen LogP contribution in [0.5, 0.6) is 0 Å². The predicted molar refractivity (Wildman–Crippen MR) is 129 cm³/mol. The molecule has 0 aliphatic heterocycles. The van der Waals surface area contributed by atoms with Crippen molar-refractivity contribution in [2.45, 2.75) is 89.9 Å². The fraction of sp³-hybridized carbons (Fsp3) is 0.621. The molecule has 2 aliphatic carbocycles. The van der Waals surface area contributed by atoms with E-state index in [4.69, 9.17) is 0 Å². The lowest BCUT2D eigenvalue weighted by Crippen LogP contribution is -2.30. The van der Waals surface area contributed by atoms with Crippen LogP contribution in [-0.2, 0) is 4.74 Å². The fourth-order valence-corrected chi connectivity index (χ4v) is 6.54. The number of fused-ring (bicyclic) bond motifs is 2. The van der Waals surface area contributed by atoms with Crippen LogP contribution in [0.4, 0.5) is 13.2 Å². The summed E-state index contributed by atoms with van der Waals surface area (Å²) in [6, 6.07) is 4.47. The molecule has 2 aromatic carbocycles. The summed E-state index contributed by atoms with van der Waals surface area (Å²) in [5, 5.41) is -0.190. The van der Waals surface area contributed by atoms with E-state index in [-0.39, 0.29) is 16.7 Å². The third-order valence-electron chi connectivity index (χ3n) is 8.44. The van der Waals surface area contributed by atoms with Crippen molar-refractivity contribution in [2.24, 2.45) is 17.8 Å². The topological polar surface area (TPSA) is 26.3 Å². The third-order valence-corrected chi connectivity index (χ3v) is 8.44. The molecule has 4 rings (SSSR count). The molecule has 0 radical (unpaired) electrons. The Morgan fingerprint density at radius 2 is 1.65 bits per heavy atom.